The maximum atomic E-state index is 12.4. The van der Waals surface area contributed by atoms with Gasteiger partial charge in [0.15, 0.2) is 0 Å². The second-order valence-corrected chi connectivity index (χ2v) is 5.18. The Balaban J connectivity index is 1.91. The molecule has 4 heteroatoms. The van der Waals surface area contributed by atoms with E-state index in [9.17, 15) is 4.79 Å². The van der Waals surface area contributed by atoms with Gasteiger partial charge in [-0.05, 0) is 50.9 Å². The van der Waals surface area contributed by atoms with Crippen molar-refractivity contribution in [1.29, 1.82) is 0 Å². The van der Waals surface area contributed by atoms with Gasteiger partial charge in [0.05, 0.1) is 5.56 Å². The number of aromatic nitrogens is 1. The van der Waals surface area contributed by atoms with E-state index in [1.54, 1.807) is 6.20 Å². The smallest absolute Gasteiger partial charge is 0.255 e. The highest BCUT2D eigenvalue weighted by atomic mass is 16.2. The quantitative estimate of drug-likeness (QED) is 0.899. The molecule has 104 valence electrons. The first-order valence-corrected chi connectivity index (χ1v) is 7.14. The van der Waals surface area contributed by atoms with Crippen molar-refractivity contribution in [2.45, 2.75) is 26.7 Å². The molecular formula is C15H23N3O. The Hall–Kier alpha value is -1.42. The predicted octanol–water partition coefficient (Wildman–Crippen LogP) is 1.85. The predicted molar refractivity (Wildman–Crippen MR) is 76.1 cm³/mol. The second kappa shape index (κ2) is 6.66. The third-order valence-corrected chi connectivity index (χ3v) is 3.82. The highest BCUT2D eigenvalue weighted by Gasteiger charge is 2.24. The van der Waals surface area contributed by atoms with E-state index in [2.05, 4.69) is 17.2 Å². The van der Waals surface area contributed by atoms with E-state index in [0.717, 1.165) is 50.3 Å². The Labute approximate surface area is 115 Å². The summed E-state index contributed by atoms with van der Waals surface area (Å²) in [5.74, 6) is 0.839. The van der Waals surface area contributed by atoms with Crippen LogP contribution in [0, 0.1) is 12.8 Å². The van der Waals surface area contributed by atoms with Crippen LogP contribution in [0.4, 0.5) is 0 Å². The van der Waals surface area contributed by atoms with E-state index in [1.807, 2.05) is 24.0 Å². The molecule has 4 nitrogen and oxygen atoms in total. The van der Waals surface area contributed by atoms with Crippen LogP contribution in [0.25, 0.3) is 0 Å². The number of amides is 1. The molecule has 1 fully saturated rings. The van der Waals surface area contributed by atoms with Gasteiger partial charge in [-0.15, -0.1) is 0 Å². The lowest BCUT2D eigenvalue weighted by molar-refractivity contribution is 0.0689. The Kier molecular flexibility index (Phi) is 4.91. The number of nitrogens with zero attached hydrogens (tertiary/aromatic N) is 2. The third-order valence-electron chi connectivity index (χ3n) is 3.82. The third kappa shape index (κ3) is 3.53. The lowest BCUT2D eigenvalue weighted by Gasteiger charge is -2.32. The van der Waals surface area contributed by atoms with Gasteiger partial charge in [-0.3, -0.25) is 9.78 Å². The van der Waals surface area contributed by atoms with Crippen LogP contribution in [0.1, 0.15) is 35.8 Å². The normalized spacial score (nSPS) is 16.6. The van der Waals surface area contributed by atoms with Gasteiger partial charge in [0.1, 0.15) is 0 Å². The molecule has 2 heterocycles. The monoisotopic (exact) mass is 261 g/mol. The van der Waals surface area contributed by atoms with E-state index >= 15 is 0 Å². The average molecular weight is 261 g/mol. The van der Waals surface area contributed by atoms with Gasteiger partial charge >= 0.3 is 0 Å². The largest absolute Gasteiger partial charge is 0.339 e. The topological polar surface area (TPSA) is 45.2 Å². The second-order valence-electron chi connectivity index (χ2n) is 5.18. The van der Waals surface area contributed by atoms with Crippen molar-refractivity contribution in [3.05, 3.63) is 29.6 Å². The molecule has 1 amide bonds. The minimum absolute atomic E-state index is 0.132. The molecule has 0 spiro atoms. The molecule has 1 aliphatic rings. The number of carbonyl (C=O) groups is 1. The molecule has 0 aliphatic carbocycles. The van der Waals surface area contributed by atoms with Gasteiger partial charge in [0, 0.05) is 25.0 Å². The van der Waals surface area contributed by atoms with Crippen molar-refractivity contribution in [2.24, 2.45) is 5.92 Å². The highest BCUT2D eigenvalue weighted by Crippen LogP contribution is 2.19. The molecule has 0 bridgehead atoms. The zero-order valence-corrected chi connectivity index (χ0v) is 11.9. The SMILES string of the molecule is CCNCC1CCN(C(=O)c2cccnc2C)CC1. The number of carbonyl (C=O) groups excluding carboxylic acids is 1. The molecule has 0 radical (unpaired) electrons. The maximum Gasteiger partial charge on any atom is 0.255 e. The summed E-state index contributed by atoms with van der Waals surface area (Å²) >= 11 is 0. The van der Waals surface area contributed by atoms with E-state index in [-0.39, 0.29) is 5.91 Å². The fourth-order valence-corrected chi connectivity index (χ4v) is 2.57. The van der Waals surface area contributed by atoms with Crippen LogP contribution in [-0.4, -0.2) is 42.0 Å². The summed E-state index contributed by atoms with van der Waals surface area (Å²) in [6.07, 6.45) is 3.92. The van der Waals surface area contributed by atoms with Crippen molar-refractivity contribution in [2.75, 3.05) is 26.2 Å². The molecule has 1 N–H and O–H groups in total. The average Bonchev–Trinajstić information content (AvgIpc) is 2.45. The van der Waals surface area contributed by atoms with Crippen molar-refractivity contribution in [1.82, 2.24) is 15.2 Å². The van der Waals surface area contributed by atoms with E-state index in [1.165, 1.54) is 0 Å². The molecule has 0 atom stereocenters. The lowest BCUT2D eigenvalue weighted by atomic mass is 9.96. The molecule has 0 unspecified atom stereocenters. The van der Waals surface area contributed by atoms with Crippen LogP contribution in [-0.2, 0) is 0 Å². The first-order valence-electron chi connectivity index (χ1n) is 7.14. The van der Waals surface area contributed by atoms with E-state index in [4.69, 9.17) is 0 Å². The molecule has 1 aliphatic heterocycles. The van der Waals surface area contributed by atoms with Gasteiger partial charge in [0.25, 0.3) is 5.91 Å². The fraction of sp³-hybridized carbons (Fsp3) is 0.600. The van der Waals surface area contributed by atoms with Crippen molar-refractivity contribution < 1.29 is 4.79 Å². The van der Waals surface area contributed by atoms with Crippen LogP contribution in [0.15, 0.2) is 18.3 Å². The molecule has 1 aromatic rings. The van der Waals surface area contributed by atoms with Crippen molar-refractivity contribution >= 4 is 5.91 Å². The van der Waals surface area contributed by atoms with Gasteiger partial charge in [0.2, 0.25) is 0 Å². The zero-order chi connectivity index (χ0) is 13.7. The number of hydrogen-bond acceptors (Lipinski definition) is 3. The van der Waals surface area contributed by atoms with Gasteiger partial charge in [-0.1, -0.05) is 6.92 Å². The van der Waals surface area contributed by atoms with Crippen LogP contribution in [0.2, 0.25) is 0 Å². The van der Waals surface area contributed by atoms with Crippen LogP contribution in [0.3, 0.4) is 0 Å². The molecular weight excluding hydrogens is 238 g/mol. The number of hydrogen-bond donors (Lipinski definition) is 1. The first kappa shape index (κ1) is 14.0. The van der Waals surface area contributed by atoms with Crippen molar-refractivity contribution in [3.8, 4) is 0 Å². The summed E-state index contributed by atoms with van der Waals surface area (Å²) in [6, 6.07) is 3.70. The number of piperidine rings is 1. The first-order chi connectivity index (χ1) is 9.22. The minimum Gasteiger partial charge on any atom is -0.339 e. The Morgan fingerprint density at radius 3 is 2.84 bits per heavy atom. The summed E-state index contributed by atoms with van der Waals surface area (Å²) in [7, 11) is 0. The molecule has 2 rings (SSSR count). The summed E-state index contributed by atoms with van der Waals surface area (Å²) in [6.45, 7) is 7.85. The van der Waals surface area contributed by atoms with E-state index in [0.29, 0.717) is 5.92 Å². The summed E-state index contributed by atoms with van der Waals surface area (Å²) in [5.41, 5.74) is 1.56. The molecule has 1 saturated heterocycles. The zero-order valence-electron chi connectivity index (χ0n) is 11.9. The fourth-order valence-electron chi connectivity index (χ4n) is 2.57. The van der Waals surface area contributed by atoms with Gasteiger partial charge in [-0.25, -0.2) is 0 Å². The summed E-state index contributed by atoms with van der Waals surface area (Å²) < 4.78 is 0. The number of likely N-dealkylation sites (tertiary alicyclic amines) is 1. The summed E-state index contributed by atoms with van der Waals surface area (Å²) in [4.78, 5) is 18.6. The number of pyridine rings is 1. The number of aryl methyl sites for hydroxylation is 1. The lowest BCUT2D eigenvalue weighted by Crippen LogP contribution is -2.41. The summed E-state index contributed by atoms with van der Waals surface area (Å²) in [5, 5.41) is 3.39. The van der Waals surface area contributed by atoms with Gasteiger partial charge in [-0.2, -0.15) is 0 Å². The van der Waals surface area contributed by atoms with Gasteiger partial charge < -0.3 is 10.2 Å². The molecule has 1 aromatic heterocycles. The molecule has 19 heavy (non-hydrogen) atoms. The number of nitrogens with one attached hydrogen (secondary N) is 1. The van der Waals surface area contributed by atoms with Crippen LogP contribution >= 0.6 is 0 Å². The van der Waals surface area contributed by atoms with E-state index < -0.39 is 0 Å². The Morgan fingerprint density at radius 2 is 2.21 bits per heavy atom. The highest BCUT2D eigenvalue weighted by molar-refractivity contribution is 5.95. The Morgan fingerprint density at radius 1 is 1.47 bits per heavy atom. The van der Waals surface area contributed by atoms with Crippen molar-refractivity contribution in [3.63, 3.8) is 0 Å². The molecule has 0 saturated carbocycles. The Bertz CT molecular complexity index is 425. The van der Waals surface area contributed by atoms with Crippen LogP contribution < -0.4 is 5.32 Å². The standard InChI is InChI=1S/C15H23N3O/c1-3-16-11-13-6-9-18(10-7-13)15(19)14-5-4-8-17-12(14)2/h4-5,8,13,16H,3,6-7,9-11H2,1-2H3. The molecule has 0 aromatic carbocycles. The minimum atomic E-state index is 0.132. The maximum absolute atomic E-state index is 12.4. The number of rotatable bonds is 4. The van der Waals surface area contributed by atoms with Crippen LogP contribution in [0.5, 0.6) is 0 Å².